The average Bonchev–Trinajstić information content (AvgIpc) is 2.98. The number of hydrogen-bond donors (Lipinski definition) is 3. The molecule has 2 aromatic heterocycles. The highest BCUT2D eigenvalue weighted by Crippen LogP contribution is 2.34. The van der Waals surface area contributed by atoms with Crippen molar-refractivity contribution in [3.05, 3.63) is 83.8 Å². The number of alkyl halides is 3. The second-order valence-electron chi connectivity index (χ2n) is 10.0. The summed E-state index contributed by atoms with van der Waals surface area (Å²) in [6, 6.07) is 14.0. The van der Waals surface area contributed by atoms with Crippen LogP contribution in [0.4, 0.5) is 41.9 Å². The number of benzene rings is 2. The van der Waals surface area contributed by atoms with Crippen molar-refractivity contribution in [1.82, 2.24) is 19.9 Å². The van der Waals surface area contributed by atoms with Gasteiger partial charge in [0.1, 0.15) is 18.0 Å². The summed E-state index contributed by atoms with van der Waals surface area (Å²) >= 11 is 0. The molecule has 1 fully saturated rings. The molecule has 218 valence electrons. The number of aromatic nitrogens is 3. The third-order valence-corrected chi connectivity index (χ3v) is 7.21. The number of anilines is 5. The van der Waals surface area contributed by atoms with E-state index >= 15 is 0 Å². The van der Waals surface area contributed by atoms with Crippen molar-refractivity contribution in [3.8, 4) is 11.3 Å². The van der Waals surface area contributed by atoms with Gasteiger partial charge in [0.15, 0.2) is 0 Å². The van der Waals surface area contributed by atoms with Crippen LogP contribution in [0.3, 0.4) is 0 Å². The largest absolute Gasteiger partial charge is 0.416 e. The Hall–Kier alpha value is -4.71. The molecule has 0 aliphatic carbocycles. The molecule has 1 amide bonds. The number of nitrogens with zero attached hydrogens (tertiary/aromatic N) is 5. The zero-order valence-electron chi connectivity index (χ0n) is 23.2. The van der Waals surface area contributed by atoms with Crippen molar-refractivity contribution in [3.63, 3.8) is 0 Å². The van der Waals surface area contributed by atoms with Gasteiger partial charge in [-0.3, -0.25) is 4.79 Å². The van der Waals surface area contributed by atoms with Gasteiger partial charge in [-0.15, -0.1) is 0 Å². The van der Waals surface area contributed by atoms with Crippen molar-refractivity contribution in [2.24, 2.45) is 0 Å². The molecule has 1 saturated heterocycles. The number of pyridine rings is 1. The average molecular weight is 577 g/mol. The molecule has 2 aromatic carbocycles. The second kappa shape index (κ2) is 12.0. The topological polar surface area (TPSA) is 112 Å². The zero-order chi connectivity index (χ0) is 29.9. The van der Waals surface area contributed by atoms with Crippen LogP contribution < -0.4 is 21.3 Å². The van der Waals surface area contributed by atoms with Crippen molar-refractivity contribution in [2.75, 3.05) is 54.0 Å². The van der Waals surface area contributed by atoms with E-state index in [4.69, 9.17) is 5.73 Å². The third kappa shape index (κ3) is 6.60. The van der Waals surface area contributed by atoms with E-state index in [-0.39, 0.29) is 5.56 Å². The summed E-state index contributed by atoms with van der Waals surface area (Å²) < 4.78 is 41.4. The van der Waals surface area contributed by atoms with Gasteiger partial charge >= 0.3 is 6.18 Å². The van der Waals surface area contributed by atoms with E-state index in [9.17, 15) is 18.0 Å². The highest BCUT2D eigenvalue weighted by molar-refractivity contribution is 6.05. The highest BCUT2D eigenvalue weighted by atomic mass is 19.4. The highest BCUT2D eigenvalue weighted by Gasteiger charge is 2.33. The molecule has 12 heteroatoms. The number of likely N-dealkylation sites (N-methyl/N-ethyl adjacent to an activating group) is 1. The predicted octanol–water partition coefficient (Wildman–Crippen LogP) is 5.59. The normalized spacial score (nSPS) is 14.1. The van der Waals surface area contributed by atoms with Crippen LogP contribution in [0.15, 0.2) is 67.1 Å². The van der Waals surface area contributed by atoms with E-state index in [1.807, 2.05) is 17.9 Å². The molecule has 3 heterocycles. The SMILES string of the molecule is CCN1CCN(c2cc(C(=O)Nc3ccc(C)c(Nc4ncccc4-c4cc(N)ncn4)c3)cc(C(F)(F)F)c2)CC1. The molecule has 1 aliphatic heterocycles. The minimum Gasteiger partial charge on any atom is -0.384 e. The minimum atomic E-state index is -4.59. The molecule has 9 nitrogen and oxygen atoms in total. The number of nitrogens with two attached hydrogens (primary N) is 1. The number of halogens is 3. The molecule has 0 saturated carbocycles. The number of amides is 1. The van der Waals surface area contributed by atoms with Crippen molar-refractivity contribution in [1.29, 1.82) is 0 Å². The number of nitrogen functional groups attached to an aromatic ring is 1. The van der Waals surface area contributed by atoms with E-state index in [1.54, 1.807) is 36.5 Å². The first-order chi connectivity index (χ1) is 20.1. The third-order valence-electron chi connectivity index (χ3n) is 7.21. The van der Waals surface area contributed by atoms with Gasteiger partial charge in [-0.05, 0) is 61.5 Å². The lowest BCUT2D eigenvalue weighted by Gasteiger charge is -2.36. The van der Waals surface area contributed by atoms with Crippen LogP contribution in [0.5, 0.6) is 0 Å². The van der Waals surface area contributed by atoms with E-state index < -0.39 is 17.6 Å². The molecular formula is C30H31F3N8O. The van der Waals surface area contributed by atoms with Gasteiger partial charge in [-0.1, -0.05) is 13.0 Å². The van der Waals surface area contributed by atoms with Gasteiger partial charge in [0.05, 0.1) is 11.3 Å². The maximum Gasteiger partial charge on any atom is 0.416 e. The van der Waals surface area contributed by atoms with Gasteiger partial charge in [-0.2, -0.15) is 13.2 Å². The first kappa shape index (κ1) is 28.8. The van der Waals surface area contributed by atoms with E-state index in [2.05, 4.69) is 37.4 Å². The van der Waals surface area contributed by atoms with Crippen LogP contribution >= 0.6 is 0 Å². The summed E-state index contributed by atoms with van der Waals surface area (Å²) in [5, 5.41) is 6.04. The quantitative estimate of drug-likeness (QED) is 0.261. The Morgan fingerprint density at radius 2 is 1.79 bits per heavy atom. The van der Waals surface area contributed by atoms with Gasteiger partial charge in [0, 0.05) is 66.6 Å². The zero-order valence-corrected chi connectivity index (χ0v) is 23.2. The molecule has 4 N–H and O–H groups in total. The fourth-order valence-electron chi connectivity index (χ4n) is 4.81. The maximum atomic E-state index is 13.8. The molecule has 0 radical (unpaired) electrons. The summed E-state index contributed by atoms with van der Waals surface area (Å²) in [6.07, 6.45) is -1.59. The van der Waals surface area contributed by atoms with Crippen LogP contribution in [0.1, 0.15) is 28.4 Å². The van der Waals surface area contributed by atoms with Gasteiger partial charge in [-0.25, -0.2) is 15.0 Å². The summed E-state index contributed by atoms with van der Waals surface area (Å²) in [7, 11) is 0. The summed E-state index contributed by atoms with van der Waals surface area (Å²) in [5.74, 6) is 0.184. The van der Waals surface area contributed by atoms with E-state index in [1.165, 1.54) is 12.4 Å². The summed E-state index contributed by atoms with van der Waals surface area (Å²) in [5.41, 5.74) is 8.47. The molecule has 0 spiro atoms. The number of carbonyl (C=O) groups excluding carboxylic acids is 1. The lowest BCUT2D eigenvalue weighted by Crippen LogP contribution is -2.46. The molecule has 4 aromatic rings. The number of rotatable bonds is 7. The molecule has 1 aliphatic rings. The first-order valence-electron chi connectivity index (χ1n) is 13.5. The Morgan fingerprint density at radius 3 is 2.50 bits per heavy atom. The maximum absolute atomic E-state index is 13.8. The van der Waals surface area contributed by atoms with Crippen LogP contribution in [-0.4, -0.2) is 58.5 Å². The van der Waals surface area contributed by atoms with Crippen molar-refractivity contribution >= 4 is 34.6 Å². The standard InChI is InChI=1S/C30H31F3N8O/c1-3-40-9-11-41(12-10-40)23-14-20(13-21(15-23)30(31,32)33)29(42)38-22-7-6-19(2)25(16-22)39-28-24(5-4-8-35-28)26-17-27(34)37-18-36-26/h4-8,13-18H,3,9-12H2,1-2H3,(H,35,39)(H,38,42)(H2,34,36,37). The predicted molar refractivity (Wildman–Crippen MR) is 158 cm³/mol. The van der Waals surface area contributed by atoms with Crippen LogP contribution in [0.2, 0.25) is 0 Å². The minimum absolute atomic E-state index is 0.0683. The smallest absolute Gasteiger partial charge is 0.384 e. The lowest BCUT2D eigenvalue weighted by molar-refractivity contribution is -0.137. The number of hydrogen-bond acceptors (Lipinski definition) is 8. The Bertz CT molecular complexity index is 1590. The van der Waals surface area contributed by atoms with Crippen LogP contribution in [0, 0.1) is 6.92 Å². The van der Waals surface area contributed by atoms with Crippen LogP contribution in [-0.2, 0) is 6.18 Å². The number of aryl methyl sites for hydroxylation is 1. The molecule has 0 unspecified atom stereocenters. The molecule has 0 atom stereocenters. The monoisotopic (exact) mass is 576 g/mol. The Labute approximate surface area is 241 Å². The lowest BCUT2D eigenvalue weighted by atomic mass is 10.1. The fraction of sp³-hybridized carbons (Fsp3) is 0.267. The summed E-state index contributed by atoms with van der Waals surface area (Å²) in [6.45, 7) is 7.48. The van der Waals surface area contributed by atoms with Crippen molar-refractivity contribution < 1.29 is 18.0 Å². The van der Waals surface area contributed by atoms with Gasteiger partial charge in [0.2, 0.25) is 0 Å². The Balaban J connectivity index is 1.40. The van der Waals surface area contributed by atoms with Crippen molar-refractivity contribution in [2.45, 2.75) is 20.0 Å². The second-order valence-corrected chi connectivity index (χ2v) is 10.0. The van der Waals surface area contributed by atoms with Gasteiger partial charge in [0.25, 0.3) is 5.91 Å². The Morgan fingerprint density at radius 1 is 1.00 bits per heavy atom. The number of piperazine rings is 1. The number of carbonyl (C=O) groups is 1. The molecule has 42 heavy (non-hydrogen) atoms. The fourth-order valence-corrected chi connectivity index (χ4v) is 4.81. The Kier molecular flexibility index (Phi) is 8.25. The summed E-state index contributed by atoms with van der Waals surface area (Å²) in [4.78, 5) is 30.1. The van der Waals surface area contributed by atoms with Gasteiger partial charge < -0.3 is 26.2 Å². The number of nitrogens with one attached hydrogen (secondary N) is 2. The molecule has 0 bridgehead atoms. The van der Waals surface area contributed by atoms with E-state index in [0.29, 0.717) is 53.0 Å². The molecule has 5 rings (SSSR count). The van der Waals surface area contributed by atoms with E-state index in [0.717, 1.165) is 37.3 Å². The van der Waals surface area contributed by atoms with Crippen LogP contribution in [0.25, 0.3) is 11.3 Å². The molecular weight excluding hydrogens is 545 g/mol. The first-order valence-corrected chi connectivity index (χ1v) is 13.5.